The number of likely N-dealkylation sites (N-methyl/N-ethyl adjacent to an activating group) is 2. The third-order valence-electron chi connectivity index (χ3n) is 6.22. The molecule has 0 aliphatic carbocycles. The summed E-state index contributed by atoms with van der Waals surface area (Å²) in [5, 5.41) is 8.31. The lowest BCUT2D eigenvalue weighted by atomic mass is 9.99. The van der Waals surface area contributed by atoms with Crippen molar-refractivity contribution in [1.29, 1.82) is 0 Å². The topological polar surface area (TPSA) is 87.7 Å². The van der Waals surface area contributed by atoms with Crippen molar-refractivity contribution in [2.75, 3.05) is 27.2 Å². The summed E-state index contributed by atoms with van der Waals surface area (Å²) >= 11 is 0. The standard InChI is InChI=1S/C29H35N3O4/c1-21(33)36-17-9-16-31-28(34)27(20-22-10-5-4-6-11-22)32(3)29(35)26(30-2)19-23-14-15-24-12-7-8-13-25(24)18-23/h4-8,10-15,18,26-27,30H,9,16-17,19-20H2,1-3H3,(H,31,34)/t26-,27?/m1/s1. The van der Waals surface area contributed by atoms with Gasteiger partial charge in [0.1, 0.15) is 6.04 Å². The van der Waals surface area contributed by atoms with Crippen molar-refractivity contribution in [3.8, 4) is 0 Å². The number of nitrogens with zero attached hydrogens (tertiary/aromatic N) is 1. The van der Waals surface area contributed by atoms with E-state index in [2.05, 4.69) is 34.9 Å². The van der Waals surface area contributed by atoms with E-state index in [1.807, 2.05) is 48.5 Å². The maximum absolute atomic E-state index is 13.6. The molecule has 3 aromatic carbocycles. The lowest BCUT2D eigenvalue weighted by molar-refractivity contribution is -0.141. The molecule has 2 atom stereocenters. The average Bonchev–Trinajstić information content (AvgIpc) is 2.89. The number of benzene rings is 3. The molecule has 0 heterocycles. The summed E-state index contributed by atoms with van der Waals surface area (Å²) in [4.78, 5) is 39.2. The van der Waals surface area contributed by atoms with E-state index >= 15 is 0 Å². The Labute approximate surface area is 212 Å². The molecule has 3 aromatic rings. The Balaban J connectivity index is 1.71. The first-order chi connectivity index (χ1) is 17.4. The van der Waals surface area contributed by atoms with Crippen molar-refractivity contribution in [3.05, 3.63) is 83.9 Å². The van der Waals surface area contributed by atoms with E-state index in [0.717, 1.165) is 21.9 Å². The second-order valence-corrected chi connectivity index (χ2v) is 8.87. The van der Waals surface area contributed by atoms with Crippen molar-refractivity contribution >= 4 is 28.6 Å². The lowest BCUT2D eigenvalue weighted by Gasteiger charge is -2.31. The van der Waals surface area contributed by atoms with Crippen LogP contribution in [0.2, 0.25) is 0 Å². The minimum absolute atomic E-state index is 0.151. The Morgan fingerprint density at radius 2 is 1.58 bits per heavy atom. The molecule has 0 aliphatic heterocycles. The number of carbonyl (C=O) groups is 3. The Bertz CT molecular complexity index is 1170. The molecule has 190 valence electrons. The van der Waals surface area contributed by atoms with Crippen molar-refractivity contribution in [1.82, 2.24) is 15.5 Å². The second-order valence-electron chi connectivity index (χ2n) is 8.87. The first-order valence-electron chi connectivity index (χ1n) is 12.3. The fourth-order valence-electron chi connectivity index (χ4n) is 4.17. The molecular weight excluding hydrogens is 454 g/mol. The summed E-state index contributed by atoms with van der Waals surface area (Å²) in [5.74, 6) is -0.738. The molecule has 2 amide bonds. The Kier molecular flexibility index (Phi) is 10.0. The van der Waals surface area contributed by atoms with Gasteiger partial charge in [0.15, 0.2) is 0 Å². The van der Waals surface area contributed by atoms with Gasteiger partial charge in [-0.1, -0.05) is 72.8 Å². The van der Waals surface area contributed by atoms with E-state index in [-0.39, 0.29) is 24.4 Å². The van der Waals surface area contributed by atoms with Gasteiger partial charge in [-0.05, 0) is 41.8 Å². The molecule has 7 heteroatoms. The van der Waals surface area contributed by atoms with Crippen LogP contribution < -0.4 is 10.6 Å². The van der Waals surface area contributed by atoms with Crippen LogP contribution in [-0.4, -0.2) is 62.0 Å². The summed E-state index contributed by atoms with van der Waals surface area (Å²) < 4.78 is 4.93. The summed E-state index contributed by atoms with van der Waals surface area (Å²) in [5.41, 5.74) is 2.01. The third kappa shape index (κ3) is 7.65. The molecule has 0 bridgehead atoms. The molecule has 0 spiro atoms. The van der Waals surface area contributed by atoms with Crippen molar-refractivity contribution < 1.29 is 19.1 Å². The fraction of sp³-hybridized carbons (Fsp3) is 0.345. The van der Waals surface area contributed by atoms with E-state index in [1.54, 1.807) is 14.1 Å². The monoisotopic (exact) mass is 489 g/mol. The van der Waals surface area contributed by atoms with Gasteiger partial charge in [0, 0.05) is 26.9 Å². The highest BCUT2D eigenvalue weighted by Crippen LogP contribution is 2.18. The molecule has 36 heavy (non-hydrogen) atoms. The predicted molar refractivity (Wildman–Crippen MR) is 141 cm³/mol. The lowest BCUT2D eigenvalue weighted by Crippen LogP contribution is -2.54. The molecule has 0 fully saturated rings. The maximum Gasteiger partial charge on any atom is 0.302 e. The zero-order valence-corrected chi connectivity index (χ0v) is 21.2. The van der Waals surface area contributed by atoms with Crippen molar-refractivity contribution in [2.45, 2.75) is 38.3 Å². The molecule has 0 aliphatic rings. The van der Waals surface area contributed by atoms with Crippen LogP contribution in [0, 0.1) is 0 Å². The van der Waals surface area contributed by atoms with E-state index in [4.69, 9.17) is 4.74 Å². The summed E-state index contributed by atoms with van der Waals surface area (Å²) in [7, 11) is 3.44. The van der Waals surface area contributed by atoms with E-state index in [0.29, 0.717) is 25.8 Å². The van der Waals surface area contributed by atoms with Crippen LogP contribution in [0.25, 0.3) is 10.8 Å². The van der Waals surface area contributed by atoms with Crippen LogP contribution in [0.5, 0.6) is 0 Å². The minimum Gasteiger partial charge on any atom is -0.466 e. The highest BCUT2D eigenvalue weighted by Gasteiger charge is 2.31. The SMILES string of the molecule is CN[C@H](Cc1ccc2ccccc2c1)C(=O)N(C)C(Cc1ccccc1)C(=O)NCCCOC(C)=O. The number of hydrogen-bond donors (Lipinski definition) is 2. The van der Waals surface area contributed by atoms with Crippen LogP contribution in [0.3, 0.4) is 0 Å². The zero-order valence-electron chi connectivity index (χ0n) is 21.2. The van der Waals surface area contributed by atoms with Gasteiger partial charge in [-0.15, -0.1) is 0 Å². The summed E-state index contributed by atoms with van der Waals surface area (Å²) in [6, 6.07) is 22.8. The van der Waals surface area contributed by atoms with Gasteiger partial charge >= 0.3 is 5.97 Å². The van der Waals surface area contributed by atoms with Crippen LogP contribution in [-0.2, 0) is 32.0 Å². The Morgan fingerprint density at radius 3 is 2.28 bits per heavy atom. The number of rotatable bonds is 12. The Morgan fingerprint density at radius 1 is 0.889 bits per heavy atom. The predicted octanol–water partition coefficient (Wildman–Crippen LogP) is 3.11. The zero-order chi connectivity index (χ0) is 25.9. The maximum atomic E-state index is 13.6. The first-order valence-corrected chi connectivity index (χ1v) is 12.3. The van der Waals surface area contributed by atoms with Gasteiger partial charge in [0.25, 0.3) is 0 Å². The highest BCUT2D eigenvalue weighted by atomic mass is 16.5. The molecule has 1 unspecified atom stereocenters. The third-order valence-corrected chi connectivity index (χ3v) is 6.22. The number of amides is 2. The van der Waals surface area contributed by atoms with Crippen molar-refractivity contribution in [3.63, 3.8) is 0 Å². The van der Waals surface area contributed by atoms with Gasteiger partial charge in [0.2, 0.25) is 11.8 Å². The van der Waals surface area contributed by atoms with Gasteiger partial charge < -0.3 is 20.3 Å². The molecule has 0 saturated heterocycles. The minimum atomic E-state index is -0.680. The highest BCUT2D eigenvalue weighted by molar-refractivity contribution is 5.90. The van der Waals surface area contributed by atoms with Crippen LogP contribution in [0.1, 0.15) is 24.5 Å². The van der Waals surface area contributed by atoms with Gasteiger partial charge in [-0.25, -0.2) is 0 Å². The number of ether oxygens (including phenoxy) is 1. The van der Waals surface area contributed by atoms with Crippen LogP contribution in [0.4, 0.5) is 0 Å². The summed E-state index contributed by atoms with van der Waals surface area (Å²) in [6.07, 6.45) is 1.40. The molecule has 3 rings (SSSR count). The summed E-state index contributed by atoms with van der Waals surface area (Å²) in [6.45, 7) is 1.94. The van der Waals surface area contributed by atoms with E-state index in [9.17, 15) is 14.4 Å². The fourth-order valence-corrected chi connectivity index (χ4v) is 4.17. The molecule has 2 N–H and O–H groups in total. The van der Waals surface area contributed by atoms with Crippen LogP contribution >= 0.6 is 0 Å². The van der Waals surface area contributed by atoms with Gasteiger partial charge in [-0.3, -0.25) is 14.4 Å². The normalized spacial score (nSPS) is 12.5. The first kappa shape index (κ1) is 26.9. The average molecular weight is 490 g/mol. The van der Waals surface area contributed by atoms with Gasteiger partial charge in [-0.2, -0.15) is 0 Å². The molecular formula is C29H35N3O4. The number of hydrogen-bond acceptors (Lipinski definition) is 5. The van der Waals surface area contributed by atoms with Crippen molar-refractivity contribution in [2.24, 2.45) is 0 Å². The largest absolute Gasteiger partial charge is 0.466 e. The van der Waals surface area contributed by atoms with E-state index < -0.39 is 12.1 Å². The quantitative estimate of drug-likeness (QED) is 0.302. The molecule has 0 saturated carbocycles. The van der Waals surface area contributed by atoms with Crippen LogP contribution in [0.15, 0.2) is 72.8 Å². The number of carbonyl (C=O) groups excluding carboxylic acids is 3. The van der Waals surface area contributed by atoms with E-state index in [1.165, 1.54) is 11.8 Å². The number of fused-ring (bicyclic) bond motifs is 1. The molecule has 0 radical (unpaired) electrons. The second kappa shape index (κ2) is 13.4. The number of esters is 1. The number of nitrogens with one attached hydrogen (secondary N) is 2. The molecule has 0 aromatic heterocycles. The smallest absolute Gasteiger partial charge is 0.302 e. The Hall–Kier alpha value is -3.71. The van der Waals surface area contributed by atoms with Gasteiger partial charge in [0.05, 0.1) is 12.6 Å². The molecule has 7 nitrogen and oxygen atoms in total.